The number of hydrogen-bond acceptors (Lipinski definition) is 6. The summed E-state index contributed by atoms with van der Waals surface area (Å²) in [6.07, 6.45) is 23.9. The van der Waals surface area contributed by atoms with E-state index in [0.717, 1.165) is 63.4 Å². The average Bonchev–Trinajstić information content (AvgIpc) is 3.78. The van der Waals surface area contributed by atoms with Crippen LogP contribution in [0.25, 0.3) is 0 Å². The van der Waals surface area contributed by atoms with Gasteiger partial charge in [-0.3, -0.25) is 28.8 Å². The quantitative estimate of drug-likeness (QED) is 0.299. The van der Waals surface area contributed by atoms with Gasteiger partial charge in [-0.15, -0.1) is 0 Å². The Labute approximate surface area is 251 Å². The van der Waals surface area contributed by atoms with E-state index in [1.807, 2.05) is 65.8 Å². The van der Waals surface area contributed by atoms with E-state index < -0.39 is 0 Å². The number of carbonyl (C=O) groups excluding carboxylic acids is 6. The zero-order valence-corrected chi connectivity index (χ0v) is 26.2. The van der Waals surface area contributed by atoms with Crippen LogP contribution in [0.2, 0.25) is 0 Å². The normalized spacial score (nSPS) is 24.7. The van der Waals surface area contributed by atoms with Gasteiger partial charge < -0.3 is 0 Å². The number of carbonyl (C=O) groups is 6. The van der Waals surface area contributed by atoms with Gasteiger partial charge in [-0.25, -0.2) is 0 Å². The van der Waals surface area contributed by atoms with Crippen molar-refractivity contribution in [2.24, 2.45) is 17.8 Å². The molecule has 0 fully saturated rings. The second-order valence-electron chi connectivity index (χ2n) is 11.7. The SMILES string of the molecule is CC1=CC(=O)C(C)C1.CC1=CC(=O)CC1.CC1=CCCC1=O.CC1C=CC(=O)C1.CC1CC=CC1=O.O=C1C=CCC1. The molecule has 0 heterocycles. The Bertz CT molecular complexity index is 1190. The first-order valence-corrected chi connectivity index (χ1v) is 15.0. The lowest BCUT2D eigenvalue weighted by Gasteiger charge is -1.94. The molecule has 0 amide bonds. The first-order chi connectivity index (χ1) is 19.8. The highest BCUT2D eigenvalue weighted by molar-refractivity contribution is 5.97. The van der Waals surface area contributed by atoms with Crippen LogP contribution in [0, 0.1) is 17.8 Å². The maximum atomic E-state index is 10.7. The summed E-state index contributed by atoms with van der Waals surface area (Å²) in [4.78, 5) is 62.6. The maximum absolute atomic E-state index is 10.7. The van der Waals surface area contributed by atoms with E-state index in [4.69, 9.17) is 0 Å². The third-order valence-corrected chi connectivity index (χ3v) is 7.19. The lowest BCUT2D eigenvalue weighted by Crippen LogP contribution is -1.99. The van der Waals surface area contributed by atoms with E-state index in [9.17, 15) is 28.8 Å². The molecule has 6 heteroatoms. The van der Waals surface area contributed by atoms with Crippen molar-refractivity contribution in [3.05, 3.63) is 71.4 Å². The average molecular weight is 577 g/mol. The Balaban J connectivity index is 0.000000252. The summed E-state index contributed by atoms with van der Waals surface area (Å²) in [5.74, 6) is 2.74. The zero-order valence-electron chi connectivity index (χ0n) is 26.2. The molecule has 0 aromatic heterocycles. The largest absolute Gasteiger partial charge is 0.295 e. The molecule has 0 bridgehead atoms. The smallest absolute Gasteiger partial charge is 0.158 e. The molecule has 0 N–H and O–H groups in total. The topological polar surface area (TPSA) is 102 Å². The molecule has 0 saturated heterocycles. The Hall–Kier alpha value is -3.54. The first kappa shape index (κ1) is 36.5. The van der Waals surface area contributed by atoms with Crippen LogP contribution in [0.15, 0.2) is 71.4 Å². The van der Waals surface area contributed by atoms with Crippen molar-refractivity contribution in [2.45, 2.75) is 99.3 Å². The minimum Gasteiger partial charge on any atom is -0.295 e. The summed E-state index contributed by atoms with van der Waals surface area (Å²) in [5.41, 5.74) is 3.40. The van der Waals surface area contributed by atoms with Gasteiger partial charge in [0.1, 0.15) is 0 Å². The second kappa shape index (κ2) is 19.6. The number of Topliss-reactive ketones (excluding diaryl/α,β-unsaturated/α-hetero) is 1. The molecule has 6 nitrogen and oxygen atoms in total. The number of rotatable bonds is 0. The molecule has 6 aliphatic carbocycles. The highest BCUT2D eigenvalue weighted by Crippen LogP contribution is 2.19. The summed E-state index contributed by atoms with van der Waals surface area (Å²) in [6, 6.07) is 0. The van der Waals surface area contributed by atoms with Crippen LogP contribution in [0.4, 0.5) is 0 Å². The van der Waals surface area contributed by atoms with Gasteiger partial charge in [0.15, 0.2) is 34.7 Å². The predicted octanol–water partition coefficient (Wildman–Crippen LogP) is 7.34. The van der Waals surface area contributed by atoms with Crippen molar-refractivity contribution < 1.29 is 28.8 Å². The van der Waals surface area contributed by atoms with Crippen LogP contribution >= 0.6 is 0 Å². The van der Waals surface area contributed by atoms with Crippen LogP contribution in [0.5, 0.6) is 0 Å². The van der Waals surface area contributed by atoms with Gasteiger partial charge >= 0.3 is 0 Å². The van der Waals surface area contributed by atoms with Gasteiger partial charge in [0.2, 0.25) is 0 Å². The van der Waals surface area contributed by atoms with E-state index >= 15 is 0 Å². The fraction of sp³-hybridized carbons (Fsp3) is 0.500. The summed E-state index contributed by atoms with van der Waals surface area (Å²) >= 11 is 0. The third-order valence-electron chi connectivity index (χ3n) is 7.19. The standard InChI is InChI=1S/C7H10O.4C6H8O.C5H6O/c1-5-3-6(2)7(8)4-5;2*1-5-2-3-6(7)4-5;2*1-5-3-2-4-6(5)7;6-5-3-1-2-4-5/h4,6H,3H2,1-2H3;4H,2-3H2,1H3;2-3,5H,4H2,1H3;3H,2,4H2,1H3;2,4-5H,3H2,1H3;1,3H,2,4H2. The van der Waals surface area contributed by atoms with Gasteiger partial charge in [-0.05, 0) is 94.7 Å². The minimum atomic E-state index is 0.259. The fourth-order valence-electron chi connectivity index (χ4n) is 4.42. The minimum absolute atomic E-state index is 0.259. The molecular weight excluding hydrogens is 528 g/mol. The molecule has 6 rings (SSSR count). The van der Waals surface area contributed by atoms with Gasteiger partial charge in [-0.1, -0.05) is 56.2 Å². The Kier molecular flexibility index (Phi) is 17.0. The monoisotopic (exact) mass is 576 g/mol. The van der Waals surface area contributed by atoms with Gasteiger partial charge in [0.25, 0.3) is 0 Å². The molecule has 6 aliphatic rings. The molecule has 3 unspecified atom stereocenters. The van der Waals surface area contributed by atoms with E-state index in [2.05, 4.69) is 0 Å². The first-order valence-electron chi connectivity index (χ1n) is 15.0. The van der Waals surface area contributed by atoms with Crippen molar-refractivity contribution in [1.82, 2.24) is 0 Å². The van der Waals surface area contributed by atoms with Crippen molar-refractivity contribution in [3.63, 3.8) is 0 Å². The Morgan fingerprint density at radius 1 is 0.595 bits per heavy atom. The van der Waals surface area contributed by atoms with E-state index in [0.29, 0.717) is 17.5 Å². The molecule has 0 saturated carbocycles. The molecular formula is C36H48O6. The number of hydrogen-bond donors (Lipinski definition) is 0. The maximum Gasteiger partial charge on any atom is 0.158 e. The van der Waals surface area contributed by atoms with Gasteiger partial charge in [-0.2, -0.15) is 0 Å². The summed E-state index contributed by atoms with van der Waals surface area (Å²) in [6.45, 7) is 11.8. The number of allylic oxidation sites excluding steroid dienone is 12. The molecule has 0 aromatic rings. The number of ketones is 6. The highest BCUT2D eigenvalue weighted by atomic mass is 16.1. The van der Waals surface area contributed by atoms with Crippen LogP contribution in [0.1, 0.15) is 99.3 Å². The van der Waals surface area contributed by atoms with E-state index in [-0.39, 0.29) is 35.0 Å². The van der Waals surface area contributed by atoms with Crippen LogP contribution < -0.4 is 0 Å². The molecule has 228 valence electrons. The Morgan fingerprint density at radius 3 is 1.45 bits per heavy atom. The predicted molar refractivity (Wildman–Crippen MR) is 168 cm³/mol. The second-order valence-corrected chi connectivity index (χ2v) is 11.7. The Morgan fingerprint density at radius 2 is 1.31 bits per heavy atom. The molecule has 0 spiro atoms. The van der Waals surface area contributed by atoms with Gasteiger partial charge in [0, 0.05) is 37.5 Å². The van der Waals surface area contributed by atoms with Crippen molar-refractivity contribution in [1.29, 1.82) is 0 Å². The van der Waals surface area contributed by atoms with Crippen LogP contribution in [-0.4, -0.2) is 34.7 Å². The van der Waals surface area contributed by atoms with Crippen molar-refractivity contribution in [2.75, 3.05) is 0 Å². The lowest BCUT2D eigenvalue weighted by atomic mass is 10.1. The van der Waals surface area contributed by atoms with Crippen LogP contribution in [-0.2, 0) is 28.8 Å². The van der Waals surface area contributed by atoms with Crippen molar-refractivity contribution in [3.8, 4) is 0 Å². The molecule has 0 aromatic carbocycles. The molecule has 42 heavy (non-hydrogen) atoms. The zero-order chi connectivity index (χ0) is 31.7. The van der Waals surface area contributed by atoms with Crippen molar-refractivity contribution >= 4 is 34.7 Å². The fourth-order valence-corrected chi connectivity index (χ4v) is 4.42. The van der Waals surface area contributed by atoms with E-state index in [1.54, 1.807) is 30.4 Å². The van der Waals surface area contributed by atoms with Crippen LogP contribution in [0.3, 0.4) is 0 Å². The summed E-state index contributed by atoms with van der Waals surface area (Å²) < 4.78 is 0. The summed E-state index contributed by atoms with van der Waals surface area (Å²) in [7, 11) is 0. The molecule has 0 aliphatic heterocycles. The highest BCUT2D eigenvalue weighted by Gasteiger charge is 2.17. The van der Waals surface area contributed by atoms with E-state index in [1.165, 1.54) is 11.1 Å². The molecule has 3 atom stereocenters. The summed E-state index contributed by atoms with van der Waals surface area (Å²) in [5, 5.41) is 0. The van der Waals surface area contributed by atoms with Gasteiger partial charge in [0.05, 0.1) is 0 Å². The lowest BCUT2D eigenvalue weighted by molar-refractivity contribution is -0.117. The third kappa shape index (κ3) is 16.0. The molecule has 0 radical (unpaired) electrons.